The molecule has 1 aromatic carbocycles. The fourth-order valence-corrected chi connectivity index (χ4v) is 3.70. The lowest BCUT2D eigenvalue weighted by atomic mass is 10.2. The van der Waals surface area contributed by atoms with Crippen LogP contribution in [0.3, 0.4) is 0 Å². The molecule has 3 heterocycles. The zero-order chi connectivity index (χ0) is 22.7. The SMILES string of the molecule is NC[C@H]1CN(c2cc(F)c(N3CCON(C(=O)Cc4ccncc4)CC3)c(F)c2)C(=O)O1. The van der Waals surface area contributed by atoms with E-state index in [9.17, 15) is 18.4 Å². The number of pyridine rings is 1. The Labute approximate surface area is 183 Å². The molecule has 1 atom stereocenters. The Morgan fingerprint density at radius 1 is 1.16 bits per heavy atom. The zero-order valence-electron chi connectivity index (χ0n) is 17.2. The third kappa shape index (κ3) is 4.63. The number of hydrogen-bond donors (Lipinski definition) is 1. The summed E-state index contributed by atoms with van der Waals surface area (Å²) in [5.41, 5.74) is 6.13. The van der Waals surface area contributed by atoms with Gasteiger partial charge in [-0.3, -0.25) is 19.5 Å². The van der Waals surface area contributed by atoms with Gasteiger partial charge in [-0.2, -0.15) is 0 Å². The predicted octanol–water partition coefficient (Wildman–Crippen LogP) is 1.47. The van der Waals surface area contributed by atoms with Crippen LogP contribution in [-0.4, -0.2) is 67.5 Å². The van der Waals surface area contributed by atoms with E-state index in [0.717, 1.165) is 22.6 Å². The quantitative estimate of drug-likeness (QED) is 0.741. The number of anilines is 2. The molecule has 0 unspecified atom stereocenters. The number of aromatic nitrogens is 1. The van der Waals surface area contributed by atoms with E-state index >= 15 is 0 Å². The molecule has 2 saturated heterocycles. The molecule has 0 radical (unpaired) electrons. The number of hydroxylamine groups is 2. The molecule has 2 fully saturated rings. The molecular formula is C21H23F2N5O4. The van der Waals surface area contributed by atoms with Crippen LogP contribution in [0, 0.1) is 11.6 Å². The van der Waals surface area contributed by atoms with Crippen molar-refractivity contribution in [2.75, 3.05) is 49.1 Å². The molecule has 170 valence electrons. The molecule has 0 aliphatic carbocycles. The largest absolute Gasteiger partial charge is 0.443 e. The van der Waals surface area contributed by atoms with Gasteiger partial charge in [-0.15, -0.1) is 0 Å². The fraction of sp³-hybridized carbons (Fsp3) is 0.381. The Balaban J connectivity index is 1.45. The molecule has 1 aromatic heterocycles. The Morgan fingerprint density at radius 3 is 2.53 bits per heavy atom. The first-order chi connectivity index (χ1) is 15.5. The molecule has 2 aliphatic heterocycles. The van der Waals surface area contributed by atoms with Crippen molar-refractivity contribution in [1.29, 1.82) is 0 Å². The smallest absolute Gasteiger partial charge is 0.414 e. The lowest BCUT2D eigenvalue weighted by Gasteiger charge is -2.24. The molecule has 11 heteroatoms. The normalized spacial score (nSPS) is 19.2. The summed E-state index contributed by atoms with van der Waals surface area (Å²) in [6.07, 6.45) is 2.11. The summed E-state index contributed by atoms with van der Waals surface area (Å²) in [4.78, 5) is 36.6. The maximum atomic E-state index is 14.9. The number of carbonyl (C=O) groups excluding carboxylic acids is 2. The highest BCUT2D eigenvalue weighted by molar-refractivity contribution is 5.90. The van der Waals surface area contributed by atoms with Gasteiger partial charge in [0.1, 0.15) is 11.8 Å². The molecule has 32 heavy (non-hydrogen) atoms. The molecule has 4 rings (SSSR count). The van der Waals surface area contributed by atoms with E-state index in [4.69, 9.17) is 15.3 Å². The average Bonchev–Trinajstić information content (AvgIpc) is 2.99. The Kier molecular flexibility index (Phi) is 6.47. The van der Waals surface area contributed by atoms with Crippen LogP contribution >= 0.6 is 0 Å². The second-order valence-electron chi connectivity index (χ2n) is 7.46. The molecule has 9 nitrogen and oxygen atoms in total. The van der Waals surface area contributed by atoms with Crippen molar-refractivity contribution in [2.45, 2.75) is 12.5 Å². The third-order valence-electron chi connectivity index (χ3n) is 5.33. The van der Waals surface area contributed by atoms with Crippen LogP contribution in [0.4, 0.5) is 25.0 Å². The number of nitrogens with two attached hydrogens (primary N) is 1. The van der Waals surface area contributed by atoms with Crippen molar-refractivity contribution in [1.82, 2.24) is 10.0 Å². The van der Waals surface area contributed by atoms with Gasteiger partial charge in [-0.25, -0.2) is 18.6 Å². The second kappa shape index (κ2) is 9.45. The van der Waals surface area contributed by atoms with E-state index in [1.807, 2.05) is 0 Å². The van der Waals surface area contributed by atoms with E-state index in [-0.39, 0.29) is 63.0 Å². The zero-order valence-corrected chi connectivity index (χ0v) is 17.2. The lowest BCUT2D eigenvalue weighted by molar-refractivity contribution is -0.181. The number of nitrogens with zero attached hydrogens (tertiary/aromatic N) is 4. The highest BCUT2D eigenvalue weighted by Crippen LogP contribution is 2.31. The summed E-state index contributed by atoms with van der Waals surface area (Å²) in [5, 5.41) is 1.22. The third-order valence-corrected chi connectivity index (χ3v) is 5.33. The van der Waals surface area contributed by atoms with E-state index in [1.54, 1.807) is 24.5 Å². The number of halogens is 2. The Hall–Kier alpha value is -3.31. The van der Waals surface area contributed by atoms with Crippen LogP contribution in [-0.2, 0) is 20.8 Å². The van der Waals surface area contributed by atoms with Crippen molar-refractivity contribution in [3.8, 4) is 0 Å². The van der Waals surface area contributed by atoms with Crippen LogP contribution in [0.1, 0.15) is 5.56 Å². The number of benzene rings is 1. The van der Waals surface area contributed by atoms with Gasteiger partial charge in [-0.05, 0) is 17.7 Å². The minimum atomic E-state index is -0.819. The maximum Gasteiger partial charge on any atom is 0.414 e. The van der Waals surface area contributed by atoms with Gasteiger partial charge in [0, 0.05) is 44.2 Å². The second-order valence-corrected chi connectivity index (χ2v) is 7.46. The van der Waals surface area contributed by atoms with Gasteiger partial charge in [-0.1, -0.05) is 0 Å². The first kappa shape index (κ1) is 21.9. The van der Waals surface area contributed by atoms with Crippen LogP contribution in [0.25, 0.3) is 0 Å². The molecule has 0 spiro atoms. The van der Waals surface area contributed by atoms with E-state index < -0.39 is 23.8 Å². The number of carbonyl (C=O) groups is 2. The number of amides is 2. The topological polar surface area (TPSA) is 101 Å². The lowest BCUT2D eigenvalue weighted by Crippen LogP contribution is -2.35. The van der Waals surface area contributed by atoms with E-state index in [1.165, 1.54) is 9.96 Å². The van der Waals surface area contributed by atoms with Crippen molar-refractivity contribution in [2.24, 2.45) is 5.73 Å². The molecule has 2 amide bonds. The Bertz CT molecular complexity index is 970. The van der Waals surface area contributed by atoms with Crippen LogP contribution in [0.5, 0.6) is 0 Å². The highest BCUT2D eigenvalue weighted by atomic mass is 19.1. The number of hydrogen-bond acceptors (Lipinski definition) is 7. The van der Waals surface area contributed by atoms with Crippen molar-refractivity contribution < 1.29 is 27.9 Å². The summed E-state index contributed by atoms with van der Waals surface area (Å²) in [7, 11) is 0. The molecule has 0 bridgehead atoms. The summed E-state index contributed by atoms with van der Waals surface area (Å²) in [6.45, 7) is 0.832. The van der Waals surface area contributed by atoms with Crippen LogP contribution < -0.4 is 15.5 Å². The first-order valence-corrected chi connectivity index (χ1v) is 10.2. The average molecular weight is 447 g/mol. The molecule has 2 N–H and O–H groups in total. The van der Waals surface area contributed by atoms with Crippen molar-refractivity contribution in [3.05, 3.63) is 53.9 Å². The summed E-state index contributed by atoms with van der Waals surface area (Å²) in [6, 6.07) is 5.66. The number of ether oxygens (including phenoxy) is 1. The summed E-state index contributed by atoms with van der Waals surface area (Å²) in [5.74, 6) is -1.89. The van der Waals surface area contributed by atoms with Crippen molar-refractivity contribution >= 4 is 23.4 Å². The molecule has 0 saturated carbocycles. The van der Waals surface area contributed by atoms with Gasteiger partial charge in [0.15, 0.2) is 11.6 Å². The molecular weight excluding hydrogens is 424 g/mol. The van der Waals surface area contributed by atoms with Gasteiger partial charge in [0.05, 0.1) is 31.8 Å². The minimum absolute atomic E-state index is 0.0601. The van der Waals surface area contributed by atoms with Gasteiger partial charge in [0.25, 0.3) is 5.91 Å². The number of cyclic esters (lactones) is 1. The monoisotopic (exact) mass is 447 g/mol. The molecule has 2 aromatic rings. The Morgan fingerprint density at radius 2 is 1.88 bits per heavy atom. The van der Waals surface area contributed by atoms with Crippen LogP contribution in [0.15, 0.2) is 36.7 Å². The van der Waals surface area contributed by atoms with Gasteiger partial charge < -0.3 is 15.4 Å². The van der Waals surface area contributed by atoms with Crippen molar-refractivity contribution in [3.63, 3.8) is 0 Å². The molecule has 2 aliphatic rings. The van der Waals surface area contributed by atoms with Gasteiger partial charge in [0.2, 0.25) is 0 Å². The maximum absolute atomic E-state index is 14.9. The van der Waals surface area contributed by atoms with Crippen LogP contribution in [0.2, 0.25) is 0 Å². The van der Waals surface area contributed by atoms with E-state index in [0.29, 0.717) is 0 Å². The highest BCUT2D eigenvalue weighted by Gasteiger charge is 2.33. The minimum Gasteiger partial charge on any atom is -0.443 e. The first-order valence-electron chi connectivity index (χ1n) is 10.2. The van der Waals surface area contributed by atoms with E-state index in [2.05, 4.69) is 4.98 Å². The standard InChI is InChI=1S/C21H23F2N5O4/c22-17-10-15(27-13-16(12-24)32-21(27)30)11-18(23)20(17)26-5-6-28(31-8-7-26)19(29)9-14-1-3-25-4-2-14/h1-4,10-11,16H,5-9,12-13,24H2/t16-/m0/s1. The summed E-state index contributed by atoms with van der Waals surface area (Å²) < 4.78 is 34.9. The fourth-order valence-electron chi connectivity index (χ4n) is 3.70. The predicted molar refractivity (Wildman–Crippen MR) is 111 cm³/mol. The number of rotatable bonds is 5. The van der Waals surface area contributed by atoms with Gasteiger partial charge >= 0.3 is 6.09 Å². The summed E-state index contributed by atoms with van der Waals surface area (Å²) >= 11 is 0.